The van der Waals surface area contributed by atoms with Gasteiger partial charge in [-0.2, -0.15) is 0 Å². The summed E-state index contributed by atoms with van der Waals surface area (Å²) in [5, 5.41) is 3.67. The van der Waals surface area contributed by atoms with E-state index in [9.17, 15) is 9.59 Å². The van der Waals surface area contributed by atoms with E-state index in [1.54, 1.807) is 11.8 Å². The predicted molar refractivity (Wildman–Crippen MR) is 76.0 cm³/mol. The second kappa shape index (κ2) is 4.33. The molecule has 3 rings (SSSR count). The zero-order valence-corrected chi connectivity index (χ0v) is 12.4. The Labute approximate surface area is 117 Å². The van der Waals surface area contributed by atoms with Crippen LogP contribution in [0.5, 0.6) is 0 Å². The first-order valence-electron chi connectivity index (χ1n) is 7.01. The van der Waals surface area contributed by atoms with Crippen LogP contribution in [-0.2, 0) is 9.59 Å². The molecule has 1 N–H and O–H groups in total. The lowest BCUT2D eigenvalue weighted by molar-refractivity contribution is -0.122. The van der Waals surface area contributed by atoms with Crippen LogP contribution in [0.3, 0.4) is 0 Å². The number of carbonyl (C=O) groups excluding carboxylic acids is 2. The number of carbonyl (C=O) groups is 2. The zero-order chi connectivity index (χ0) is 13.8. The van der Waals surface area contributed by atoms with Gasteiger partial charge in [0.1, 0.15) is 10.5 Å². The van der Waals surface area contributed by atoms with E-state index in [0.717, 1.165) is 18.0 Å². The Morgan fingerprint density at radius 1 is 1.37 bits per heavy atom. The van der Waals surface area contributed by atoms with E-state index in [4.69, 9.17) is 4.99 Å². The summed E-state index contributed by atoms with van der Waals surface area (Å²) >= 11 is 1.55. The monoisotopic (exact) mass is 280 g/mol. The van der Waals surface area contributed by atoms with Gasteiger partial charge in [-0.25, -0.2) is 0 Å². The third-order valence-corrected chi connectivity index (χ3v) is 6.42. The number of fused-ring (bicyclic) bond motifs is 2. The molecule has 4 atom stereocenters. The molecule has 2 aliphatic carbocycles. The molecule has 4 nitrogen and oxygen atoms in total. The van der Waals surface area contributed by atoms with Crippen molar-refractivity contribution in [1.29, 1.82) is 0 Å². The number of Topliss-reactive ketones (excluding diaryl/α,β-unsaturated/α-hetero) is 1. The van der Waals surface area contributed by atoms with Crippen molar-refractivity contribution in [2.24, 2.45) is 22.7 Å². The number of ketones is 1. The first-order chi connectivity index (χ1) is 8.90. The number of amidine groups is 1. The molecule has 104 valence electrons. The highest BCUT2D eigenvalue weighted by molar-refractivity contribution is 8.16. The zero-order valence-electron chi connectivity index (χ0n) is 11.6. The molecule has 0 spiro atoms. The highest BCUT2D eigenvalue weighted by Gasteiger charge is 2.48. The number of rotatable bonds is 2. The van der Waals surface area contributed by atoms with Gasteiger partial charge < -0.3 is 5.32 Å². The maximum absolute atomic E-state index is 12.1. The van der Waals surface area contributed by atoms with E-state index in [0.29, 0.717) is 18.1 Å². The maximum atomic E-state index is 12.1. The van der Waals surface area contributed by atoms with Gasteiger partial charge in [-0.15, -0.1) is 0 Å². The standard InChI is InChI=1S/C14H20N2O2S/c1-7(2)14(3)12(18)16-13(19-14)15-10-5-9-4-8(10)6-11(9)17/h7-10H,4-6H2,1-3H3,(H,15,16,18)/t8-,9-,10?,14+/m1/s1. The van der Waals surface area contributed by atoms with Gasteiger partial charge in [-0.05, 0) is 31.6 Å². The van der Waals surface area contributed by atoms with E-state index < -0.39 is 4.75 Å². The molecule has 5 heteroatoms. The van der Waals surface area contributed by atoms with E-state index in [1.165, 1.54) is 0 Å². The number of hydrogen-bond donors (Lipinski definition) is 1. The summed E-state index contributed by atoms with van der Waals surface area (Å²) in [4.78, 5) is 28.3. The van der Waals surface area contributed by atoms with Crippen LogP contribution in [0.15, 0.2) is 4.99 Å². The van der Waals surface area contributed by atoms with Crippen molar-refractivity contribution >= 4 is 28.6 Å². The molecular weight excluding hydrogens is 260 g/mol. The van der Waals surface area contributed by atoms with Gasteiger partial charge in [0, 0.05) is 12.3 Å². The number of aliphatic imine (C=N–C) groups is 1. The van der Waals surface area contributed by atoms with E-state index in [1.807, 2.05) is 6.92 Å². The summed E-state index contributed by atoms with van der Waals surface area (Å²) < 4.78 is -0.410. The fourth-order valence-corrected chi connectivity index (χ4v) is 4.36. The maximum Gasteiger partial charge on any atom is 0.242 e. The van der Waals surface area contributed by atoms with Gasteiger partial charge in [0.05, 0.1) is 6.04 Å². The third kappa shape index (κ3) is 2.02. The molecule has 2 bridgehead atoms. The fourth-order valence-electron chi connectivity index (χ4n) is 3.25. The topological polar surface area (TPSA) is 58.5 Å². The Hall–Kier alpha value is -0.840. The molecule has 1 unspecified atom stereocenters. The highest BCUT2D eigenvalue weighted by Crippen LogP contribution is 2.45. The van der Waals surface area contributed by atoms with E-state index in [2.05, 4.69) is 19.2 Å². The summed E-state index contributed by atoms with van der Waals surface area (Å²) in [6.45, 7) is 6.10. The first kappa shape index (κ1) is 13.2. The molecule has 0 radical (unpaired) electrons. The summed E-state index contributed by atoms with van der Waals surface area (Å²) in [7, 11) is 0. The van der Waals surface area contributed by atoms with Gasteiger partial charge in [-0.1, -0.05) is 25.6 Å². The fraction of sp³-hybridized carbons (Fsp3) is 0.786. The smallest absolute Gasteiger partial charge is 0.242 e. The Kier molecular flexibility index (Phi) is 3.00. The Morgan fingerprint density at radius 2 is 2.11 bits per heavy atom. The normalized spacial score (nSPS) is 43.6. The average molecular weight is 280 g/mol. The van der Waals surface area contributed by atoms with Crippen molar-refractivity contribution in [2.75, 3.05) is 0 Å². The molecule has 3 fully saturated rings. The molecule has 1 heterocycles. The molecule has 1 saturated heterocycles. The lowest BCUT2D eigenvalue weighted by atomic mass is 9.95. The molecule has 3 aliphatic rings. The highest BCUT2D eigenvalue weighted by atomic mass is 32.2. The van der Waals surface area contributed by atoms with Crippen LogP contribution in [0, 0.1) is 17.8 Å². The molecule has 2 saturated carbocycles. The Balaban J connectivity index is 1.74. The summed E-state index contributed by atoms with van der Waals surface area (Å²) in [6, 6.07) is 0.236. The van der Waals surface area contributed by atoms with Gasteiger partial charge in [0.2, 0.25) is 5.91 Å². The number of hydrogen-bond acceptors (Lipinski definition) is 4. The van der Waals surface area contributed by atoms with Gasteiger partial charge in [0.25, 0.3) is 0 Å². The predicted octanol–water partition coefficient (Wildman–Crippen LogP) is 1.99. The molecule has 19 heavy (non-hydrogen) atoms. The van der Waals surface area contributed by atoms with E-state index in [-0.39, 0.29) is 23.8 Å². The van der Waals surface area contributed by atoms with Gasteiger partial charge in [-0.3, -0.25) is 14.6 Å². The average Bonchev–Trinajstić information content (AvgIpc) is 2.94. The van der Waals surface area contributed by atoms with Crippen LogP contribution in [0.2, 0.25) is 0 Å². The van der Waals surface area contributed by atoms with Gasteiger partial charge in [0.15, 0.2) is 5.17 Å². The minimum Gasteiger partial charge on any atom is -0.304 e. The molecule has 1 aliphatic heterocycles. The lowest BCUT2D eigenvalue weighted by Gasteiger charge is -2.23. The summed E-state index contributed by atoms with van der Waals surface area (Å²) in [5.74, 6) is 1.39. The van der Waals surface area contributed by atoms with Crippen LogP contribution in [0.25, 0.3) is 0 Å². The van der Waals surface area contributed by atoms with Crippen LogP contribution in [-0.4, -0.2) is 27.6 Å². The minimum absolute atomic E-state index is 0.0606. The molecule has 0 aromatic carbocycles. The van der Waals surface area contributed by atoms with Gasteiger partial charge >= 0.3 is 0 Å². The Morgan fingerprint density at radius 3 is 2.58 bits per heavy atom. The van der Waals surface area contributed by atoms with Crippen molar-refractivity contribution in [1.82, 2.24) is 5.32 Å². The summed E-state index contributed by atoms with van der Waals surface area (Å²) in [6.07, 6.45) is 2.56. The van der Waals surface area contributed by atoms with E-state index >= 15 is 0 Å². The molecule has 0 aromatic rings. The molecule has 1 amide bonds. The van der Waals surface area contributed by atoms with Crippen LogP contribution in [0.4, 0.5) is 0 Å². The quantitative estimate of drug-likeness (QED) is 0.841. The van der Waals surface area contributed by atoms with Crippen molar-refractivity contribution in [3.63, 3.8) is 0 Å². The molecule has 0 aromatic heterocycles. The van der Waals surface area contributed by atoms with Crippen LogP contribution >= 0.6 is 11.8 Å². The van der Waals surface area contributed by atoms with Crippen molar-refractivity contribution in [2.45, 2.75) is 50.8 Å². The Bertz CT molecular complexity index is 474. The molecular formula is C14H20N2O2S. The number of nitrogens with one attached hydrogen (secondary N) is 1. The van der Waals surface area contributed by atoms with Crippen molar-refractivity contribution in [3.8, 4) is 0 Å². The largest absolute Gasteiger partial charge is 0.304 e. The number of nitrogens with zero attached hydrogens (tertiary/aromatic N) is 1. The minimum atomic E-state index is -0.410. The SMILES string of the molecule is CC(C)[C@]1(C)SC(=NC2C[C@H]3C[C@@H]2CC3=O)NC1=O. The number of thioether (sulfide) groups is 1. The van der Waals surface area contributed by atoms with Crippen molar-refractivity contribution in [3.05, 3.63) is 0 Å². The second-order valence-corrected chi connectivity index (χ2v) is 7.86. The summed E-state index contributed by atoms with van der Waals surface area (Å²) in [5.41, 5.74) is 0. The van der Waals surface area contributed by atoms with Crippen molar-refractivity contribution < 1.29 is 9.59 Å². The second-order valence-electron chi connectivity index (χ2n) is 6.42. The van der Waals surface area contributed by atoms with Crippen LogP contribution < -0.4 is 5.32 Å². The first-order valence-corrected chi connectivity index (χ1v) is 7.82. The number of amides is 1. The van der Waals surface area contributed by atoms with Crippen LogP contribution in [0.1, 0.15) is 40.0 Å². The lowest BCUT2D eigenvalue weighted by Crippen LogP contribution is -2.38. The third-order valence-electron chi connectivity index (χ3n) is 4.94.